The summed E-state index contributed by atoms with van der Waals surface area (Å²) < 4.78 is 0. The van der Waals surface area contributed by atoms with E-state index in [0.29, 0.717) is 10.9 Å². The minimum absolute atomic E-state index is 0.0658. The van der Waals surface area contributed by atoms with E-state index in [1.807, 2.05) is 60.7 Å². The Balaban J connectivity index is 1.72. The number of nitrogens with zero attached hydrogens (tertiary/aromatic N) is 2. The van der Waals surface area contributed by atoms with E-state index in [4.69, 9.17) is 0 Å². The molecule has 0 saturated carbocycles. The van der Waals surface area contributed by atoms with Crippen LogP contribution in [0.15, 0.2) is 76.7 Å². The van der Waals surface area contributed by atoms with Gasteiger partial charge < -0.3 is 9.88 Å². The third-order valence-electron chi connectivity index (χ3n) is 3.64. The minimum Gasteiger partial charge on any atom is -0.315 e. The molecule has 126 valence electrons. The molecule has 1 amide bonds. The molecule has 0 aliphatic carbocycles. The number of amides is 1. The third-order valence-corrected chi connectivity index (χ3v) is 4.50. The molecule has 0 aliphatic rings. The Bertz CT molecular complexity index is 911. The first-order chi connectivity index (χ1) is 12.1. The number of thioether (sulfide) groups is 1. The molecular weight excluding hydrogens is 334 g/mol. The van der Waals surface area contributed by atoms with Gasteiger partial charge in [-0.25, -0.2) is 4.98 Å². The lowest BCUT2D eigenvalue weighted by Crippen LogP contribution is -2.28. The van der Waals surface area contributed by atoms with Gasteiger partial charge in [-0.05, 0) is 12.1 Å². The van der Waals surface area contributed by atoms with E-state index in [-0.39, 0.29) is 17.2 Å². The van der Waals surface area contributed by atoms with Gasteiger partial charge >= 0.3 is 0 Å². The van der Waals surface area contributed by atoms with Gasteiger partial charge in [-0.1, -0.05) is 60.3 Å². The fourth-order valence-electron chi connectivity index (χ4n) is 2.28. The van der Waals surface area contributed by atoms with Gasteiger partial charge in [-0.3, -0.25) is 9.59 Å². The Labute approximate surface area is 149 Å². The van der Waals surface area contributed by atoms with Crippen molar-refractivity contribution in [1.29, 1.82) is 0 Å². The van der Waals surface area contributed by atoms with Gasteiger partial charge in [0.15, 0.2) is 5.16 Å². The van der Waals surface area contributed by atoms with Crippen molar-refractivity contribution in [3.8, 4) is 11.3 Å². The number of rotatable bonds is 5. The Hall–Kier alpha value is -2.86. The monoisotopic (exact) mass is 351 g/mol. The number of aromatic amines is 1. The number of nitrogens with one attached hydrogen (secondary N) is 1. The molecule has 1 aromatic heterocycles. The first kappa shape index (κ1) is 17.0. The van der Waals surface area contributed by atoms with E-state index in [1.54, 1.807) is 11.9 Å². The van der Waals surface area contributed by atoms with Crippen LogP contribution < -0.4 is 10.5 Å². The van der Waals surface area contributed by atoms with Crippen molar-refractivity contribution in [2.24, 2.45) is 0 Å². The van der Waals surface area contributed by atoms with Crippen molar-refractivity contribution in [3.63, 3.8) is 0 Å². The Kier molecular flexibility index (Phi) is 5.30. The highest BCUT2D eigenvalue weighted by molar-refractivity contribution is 7.99. The van der Waals surface area contributed by atoms with Crippen LogP contribution in [0.2, 0.25) is 0 Å². The van der Waals surface area contributed by atoms with Gasteiger partial charge in [-0.2, -0.15) is 0 Å². The summed E-state index contributed by atoms with van der Waals surface area (Å²) in [5.74, 6) is 0.121. The van der Waals surface area contributed by atoms with E-state index in [1.165, 1.54) is 17.8 Å². The molecule has 2 aromatic carbocycles. The molecule has 0 atom stereocenters. The number of aromatic nitrogens is 2. The van der Waals surface area contributed by atoms with Crippen LogP contribution in [0.25, 0.3) is 11.3 Å². The fraction of sp³-hybridized carbons (Fsp3) is 0.105. The number of hydrogen-bond donors (Lipinski definition) is 1. The van der Waals surface area contributed by atoms with Crippen LogP contribution in [0.4, 0.5) is 5.69 Å². The quantitative estimate of drug-likeness (QED) is 0.566. The smallest absolute Gasteiger partial charge is 0.252 e. The second kappa shape index (κ2) is 7.81. The maximum atomic E-state index is 12.3. The summed E-state index contributed by atoms with van der Waals surface area (Å²) in [7, 11) is 1.73. The first-order valence-corrected chi connectivity index (χ1v) is 8.73. The number of carbonyl (C=O) groups is 1. The average molecular weight is 351 g/mol. The zero-order chi connectivity index (χ0) is 17.6. The van der Waals surface area contributed by atoms with Crippen LogP contribution in [-0.4, -0.2) is 28.7 Å². The van der Waals surface area contributed by atoms with Crippen LogP contribution >= 0.6 is 11.8 Å². The first-order valence-electron chi connectivity index (χ1n) is 7.74. The maximum Gasteiger partial charge on any atom is 0.252 e. The molecule has 1 N–H and O–H groups in total. The summed E-state index contributed by atoms with van der Waals surface area (Å²) in [6.07, 6.45) is 0. The lowest BCUT2D eigenvalue weighted by atomic mass is 10.1. The second-order valence-electron chi connectivity index (χ2n) is 5.38. The average Bonchev–Trinajstić information content (AvgIpc) is 2.66. The number of hydrogen-bond acceptors (Lipinski definition) is 4. The predicted octanol–water partition coefficient (Wildman–Crippen LogP) is 3.19. The minimum atomic E-state index is -0.236. The van der Waals surface area contributed by atoms with Gasteiger partial charge in [0.1, 0.15) is 0 Å². The van der Waals surface area contributed by atoms with E-state index in [9.17, 15) is 9.59 Å². The molecule has 3 aromatic rings. The Morgan fingerprint density at radius 2 is 1.72 bits per heavy atom. The third kappa shape index (κ3) is 4.36. The SMILES string of the molecule is CN(C(=O)CSc1nc(-c2ccccc2)cc(=O)[nH]1)c1ccccc1. The van der Waals surface area contributed by atoms with Crippen LogP contribution in [0.1, 0.15) is 0 Å². The molecule has 0 unspecified atom stereocenters. The van der Waals surface area contributed by atoms with Crippen molar-refractivity contribution in [3.05, 3.63) is 77.1 Å². The van der Waals surface area contributed by atoms with Crippen LogP contribution in [0.3, 0.4) is 0 Å². The highest BCUT2D eigenvalue weighted by Gasteiger charge is 2.12. The topological polar surface area (TPSA) is 66.1 Å². The summed E-state index contributed by atoms with van der Waals surface area (Å²) in [5, 5.41) is 0.432. The summed E-state index contributed by atoms with van der Waals surface area (Å²) in [5.41, 5.74) is 2.05. The van der Waals surface area contributed by atoms with E-state index < -0.39 is 0 Å². The predicted molar refractivity (Wildman–Crippen MR) is 101 cm³/mol. The van der Waals surface area contributed by atoms with Crippen molar-refractivity contribution >= 4 is 23.4 Å². The molecule has 3 rings (SSSR count). The van der Waals surface area contributed by atoms with Gasteiger partial charge in [0, 0.05) is 24.4 Å². The summed E-state index contributed by atoms with van der Waals surface area (Å²) in [6, 6.07) is 20.4. The molecule has 0 fully saturated rings. The summed E-state index contributed by atoms with van der Waals surface area (Å²) >= 11 is 1.22. The molecular formula is C19H17N3O2S. The molecule has 0 bridgehead atoms. The Morgan fingerprint density at radius 1 is 1.08 bits per heavy atom. The lowest BCUT2D eigenvalue weighted by Gasteiger charge is -2.16. The largest absolute Gasteiger partial charge is 0.315 e. The van der Waals surface area contributed by atoms with Crippen molar-refractivity contribution in [2.45, 2.75) is 5.16 Å². The zero-order valence-corrected chi connectivity index (χ0v) is 14.5. The van der Waals surface area contributed by atoms with Crippen LogP contribution in [-0.2, 0) is 4.79 Å². The Morgan fingerprint density at radius 3 is 2.40 bits per heavy atom. The van der Waals surface area contributed by atoms with Crippen molar-refractivity contribution < 1.29 is 4.79 Å². The van der Waals surface area contributed by atoms with E-state index in [2.05, 4.69) is 9.97 Å². The van der Waals surface area contributed by atoms with Gasteiger partial charge in [0.25, 0.3) is 5.56 Å². The number of H-pyrrole nitrogens is 1. The van der Waals surface area contributed by atoms with E-state index >= 15 is 0 Å². The summed E-state index contributed by atoms with van der Waals surface area (Å²) in [6.45, 7) is 0. The standard InChI is InChI=1S/C19H17N3O2S/c1-22(15-10-6-3-7-11-15)18(24)13-25-19-20-16(12-17(23)21-19)14-8-4-2-5-9-14/h2-12H,13H2,1H3,(H,20,21,23). The van der Waals surface area contributed by atoms with Gasteiger partial charge in [0.2, 0.25) is 5.91 Å². The maximum absolute atomic E-state index is 12.3. The normalized spacial score (nSPS) is 10.4. The molecule has 0 spiro atoms. The highest BCUT2D eigenvalue weighted by Crippen LogP contribution is 2.19. The lowest BCUT2D eigenvalue weighted by molar-refractivity contribution is -0.115. The van der Waals surface area contributed by atoms with Crippen molar-refractivity contribution in [1.82, 2.24) is 9.97 Å². The highest BCUT2D eigenvalue weighted by atomic mass is 32.2. The van der Waals surface area contributed by atoms with Gasteiger partial charge in [0.05, 0.1) is 11.4 Å². The molecule has 0 aliphatic heterocycles. The molecule has 0 saturated heterocycles. The zero-order valence-electron chi connectivity index (χ0n) is 13.7. The molecule has 1 heterocycles. The molecule has 6 heteroatoms. The molecule has 25 heavy (non-hydrogen) atoms. The van der Waals surface area contributed by atoms with Crippen LogP contribution in [0, 0.1) is 0 Å². The van der Waals surface area contributed by atoms with Gasteiger partial charge in [-0.15, -0.1) is 0 Å². The fourth-order valence-corrected chi connectivity index (χ4v) is 3.07. The summed E-state index contributed by atoms with van der Waals surface area (Å²) in [4.78, 5) is 32.9. The number of para-hydroxylation sites is 1. The molecule has 5 nitrogen and oxygen atoms in total. The number of anilines is 1. The van der Waals surface area contributed by atoms with E-state index in [0.717, 1.165) is 11.3 Å². The second-order valence-corrected chi connectivity index (χ2v) is 6.34. The molecule has 0 radical (unpaired) electrons. The number of benzene rings is 2. The van der Waals surface area contributed by atoms with Crippen LogP contribution in [0.5, 0.6) is 0 Å². The number of carbonyl (C=O) groups excluding carboxylic acids is 1. The van der Waals surface area contributed by atoms with Crippen molar-refractivity contribution in [2.75, 3.05) is 17.7 Å².